The largest absolute Gasteiger partial charge is 0.310 e. The first-order valence-corrected chi connectivity index (χ1v) is 8.04. The van der Waals surface area contributed by atoms with Crippen LogP contribution in [0.15, 0.2) is 42.7 Å². The van der Waals surface area contributed by atoms with Crippen LogP contribution in [0.4, 0.5) is 5.69 Å². The quantitative estimate of drug-likeness (QED) is 0.813. The van der Waals surface area contributed by atoms with Gasteiger partial charge in [0.1, 0.15) is 0 Å². The molecule has 0 atom stereocenters. The van der Waals surface area contributed by atoms with Crippen molar-refractivity contribution in [2.75, 3.05) is 11.4 Å². The maximum atomic E-state index is 12.7. The van der Waals surface area contributed by atoms with Crippen LogP contribution in [0.1, 0.15) is 18.4 Å². The van der Waals surface area contributed by atoms with Gasteiger partial charge in [-0.2, -0.15) is 0 Å². The highest BCUT2D eigenvalue weighted by atomic mass is 35.5. The lowest BCUT2D eigenvalue weighted by Crippen LogP contribution is -2.34. The van der Waals surface area contributed by atoms with Gasteiger partial charge < -0.3 is 4.90 Å². The average molecular weight is 335 g/mol. The number of pyridine rings is 1. The zero-order valence-electron chi connectivity index (χ0n) is 12.0. The molecule has 1 amide bonds. The molecule has 2 aromatic rings. The number of aromatic nitrogens is 1. The molecule has 1 saturated carbocycles. The zero-order valence-corrected chi connectivity index (χ0v) is 13.5. The maximum absolute atomic E-state index is 12.7. The van der Waals surface area contributed by atoms with Crippen molar-refractivity contribution in [3.05, 3.63) is 58.3 Å². The van der Waals surface area contributed by atoms with Crippen LogP contribution < -0.4 is 4.90 Å². The lowest BCUT2D eigenvalue weighted by molar-refractivity contribution is -0.118. The van der Waals surface area contributed by atoms with E-state index in [1.165, 1.54) is 12.8 Å². The fourth-order valence-corrected chi connectivity index (χ4v) is 2.75. The fourth-order valence-electron chi connectivity index (χ4n) is 2.37. The summed E-state index contributed by atoms with van der Waals surface area (Å²) in [5.41, 5.74) is 1.58. The molecular formula is C17H16Cl2N2O. The molecule has 1 fully saturated rings. The molecule has 3 rings (SSSR count). The third kappa shape index (κ3) is 3.60. The second-order valence-corrected chi connectivity index (χ2v) is 6.33. The van der Waals surface area contributed by atoms with E-state index in [1.54, 1.807) is 18.5 Å². The average Bonchev–Trinajstić information content (AvgIpc) is 3.34. The SMILES string of the molecule is O=C(Cc1cccc(Cl)c1Cl)N(CC1CC1)c1cccnc1. The number of hydrogen-bond donors (Lipinski definition) is 0. The molecule has 0 bridgehead atoms. The number of carbonyl (C=O) groups excluding carboxylic acids is 1. The topological polar surface area (TPSA) is 33.2 Å². The Bertz CT molecular complexity index is 672. The Morgan fingerprint density at radius 2 is 2.05 bits per heavy atom. The van der Waals surface area contributed by atoms with E-state index in [4.69, 9.17) is 23.2 Å². The van der Waals surface area contributed by atoms with E-state index in [9.17, 15) is 4.79 Å². The van der Waals surface area contributed by atoms with E-state index >= 15 is 0 Å². The van der Waals surface area contributed by atoms with Gasteiger partial charge in [0.25, 0.3) is 0 Å². The molecule has 1 aliphatic rings. The molecule has 5 heteroatoms. The lowest BCUT2D eigenvalue weighted by Gasteiger charge is -2.22. The van der Waals surface area contributed by atoms with Crippen molar-refractivity contribution in [3.63, 3.8) is 0 Å². The summed E-state index contributed by atoms with van der Waals surface area (Å²) in [4.78, 5) is 18.7. The monoisotopic (exact) mass is 334 g/mol. The van der Waals surface area contributed by atoms with Gasteiger partial charge in [-0.3, -0.25) is 9.78 Å². The van der Waals surface area contributed by atoms with Gasteiger partial charge in [-0.25, -0.2) is 0 Å². The molecular weight excluding hydrogens is 319 g/mol. The van der Waals surface area contributed by atoms with E-state index < -0.39 is 0 Å². The molecule has 0 N–H and O–H groups in total. The van der Waals surface area contributed by atoms with Crippen molar-refractivity contribution >= 4 is 34.8 Å². The first-order chi connectivity index (χ1) is 10.6. The standard InChI is InChI=1S/C17H16Cl2N2O/c18-15-5-1-3-13(17(15)19)9-16(22)21(11-12-6-7-12)14-4-2-8-20-10-14/h1-5,8,10,12H,6-7,9,11H2. The predicted molar refractivity (Wildman–Crippen MR) is 89.5 cm³/mol. The number of halogens is 2. The summed E-state index contributed by atoms with van der Waals surface area (Å²) in [6, 6.07) is 9.12. The van der Waals surface area contributed by atoms with Gasteiger partial charge in [0.2, 0.25) is 5.91 Å². The molecule has 0 unspecified atom stereocenters. The minimum Gasteiger partial charge on any atom is -0.310 e. The van der Waals surface area contributed by atoms with Crippen LogP contribution in [0.2, 0.25) is 10.0 Å². The van der Waals surface area contributed by atoms with E-state index in [0.717, 1.165) is 17.8 Å². The van der Waals surface area contributed by atoms with E-state index in [-0.39, 0.29) is 12.3 Å². The third-order valence-corrected chi connectivity index (χ3v) is 4.63. The number of carbonyl (C=O) groups is 1. The van der Waals surface area contributed by atoms with Crippen LogP contribution in [0, 0.1) is 5.92 Å². The van der Waals surface area contributed by atoms with Gasteiger partial charge in [-0.1, -0.05) is 35.3 Å². The molecule has 3 nitrogen and oxygen atoms in total. The summed E-state index contributed by atoms with van der Waals surface area (Å²) in [5.74, 6) is 0.614. The first kappa shape index (κ1) is 15.3. The molecule has 0 aliphatic heterocycles. The van der Waals surface area contributed by atoms with Crippen molar-refractivity contribution in [1.29, 1.82) is 0 Å². The summed E-state index contributed by atoms with van der Waals surface area (Å²) in [6.07, 6.45) is 6.03. The highest BCUT2D eigenvalue weighted by Gasteiger charge is 2.28. The van der Waals surface area contributed by atoms with Crippen molar-refractivity contribution in [2.24, 2.45) is 5.92 Å². The molecule has 22 heavy (non-hydrogen) atoms. The number of amides is 1. The maximum Gasteiger partial charge on any atom is 0.231 e. The van der Waals surface area contributed by atoms with Crippen LogP contribution in [0.5, 0.6) is 0 Å². The van der Waals surface area contributed by atoms with E-state index in [1.807, 2.05) is 29.2 Å². The summed E-state index contributed by atoms with van der Waals surface area (Å²) < 4.78 is 0. The highest BCUT2D eigenvalue weighted by Crippen LogP contribution is 2.32. The van der Waals surface area contributed by atoms with Gasteiger partial charge in [-0.05, 0) is 42.5 Å². The molecule has 0 radical (unpaired) electrons. The molecule has 0 spiro atoms. The third-order valence-electron chi connectivity index (χ3n) is 3.77. The fraction of sp³-hybridized carbons (Fsp3) is 0.294. The number of nitrogens with zero attached hydrogens (tertiary/aromatic N) is 2. The van der Waals surface area contributed by atoms with Gasteiger partial charge in [0.15, 0.2) is 0 Å². The molecule has 0 saturated heterocycles. The second kappa shape index (κ2) is 6.67. The van der Waals surface area contributed by atoms with Crippen molar-refractivity contribution < 1.29 is 4.79 Å². The normalized spacial score (nSPS) is 13.9. The zero-order chi connectivity index (χ0) is 15.5. The Morgan fingerprint density at radius 1 is 1.23 bits per heavy atom. The Kier molecular flexibility index (Phi) is 4.65. The van der Waals surface area contributed by atoms with Gasteiger partial charge >= 0.3 is 0 Å². The Balaban J connectivity index is 1.81. The number of benzene rings is 1. The van der Waals surface area contributed by atoms with E-state index in [0.29, 0.717) is 16.0 Å². The van der Waals surface area contributed by atoms with Gasteiger partial charge in [-0.15, -0.1) is 0 Å². The van der Waals surface area contributed by atoms with Gasteiger partial charge in [0, 0.05) is 12.7 Å². The Morgan fingerprint density at radius 3 is 2.73 bits per heavy atom. The number of rotatable bonds is 5. The molecule has 1 aliphatic carbocycles. The minimum atomic E-state index is 0.0177. The van der Waals surface area contributed by atoms with Crippen LogP contribution in [-0.2, 0) is 11.2 Å². The van der Waals surface area contributed by atoms with Crippen molar-refractivity contribution in [3.8, 4) is 0 Å². The van der Waals surface area contributed by atoms with Crippen LogP contribution in [-0.4, -0.2) is 17.4 Å². The number of hydrogen-bond acceptors (Lipinski definition) is 2. The predicted octanol–water partition coefficient (Wildman–Crippen LogP) is 4.37. The Labute approximate surface area is 139 Å². The summed E-state index contributed by atoms with van der Waals surface area (Å²) in [7, 11) is 0. The van der Waals surface area contributed by atoms with Crippen LogP contribution >= 0.6 is 23.2 Å². The first-order valence-electron chi connectivity index (χ1n) is 7.28. The molecule has 1 heterocycles. The summed E-state index contributed by atoms with van der Waals surface area (Å²) in [6.45, 7) is 0.739. The van der Waals surface area contributed by atoms with Crippen molar-refractivity contribution in [2.45, 2.75) is 19.3 Å². The summed E-state index contributed by atoms with van der Waals surface area (Å²) >= 11 is 12.2. The smallest absolute Gasteiger partial charge is 0.231 e. The molecule has 1 aromatic heterocycles. The van der Waals surface area contributed by atoms with Crippen molar-refractivity contribution in [1.82, 2.24) is 4.98 Å². The minimum absolute atomic E-state index is 0.0177. The van der Waals surface area contributed by atoms with Crippen LogP contribution in [0.25, 0.3) is 0 Å². The Hall–Kier alpha value is -1.58. The molecule has 1 aromatic carbocycles. The van der Waals surface area contributed by atoms with Crippen LogP contribution in [0.3, 0.4) is 0 Å². The lowest BCUT2D eigenvalue weighted by atomic mass is 10.1. The number of anilines is 1. The van der Waals surface area contributed by atoms with E-state index in [2.05, 4.69) is 4.98 Å². The highest BCUT2D eigenvalue weighted by molar-refractivity contribution is 6.42. The second-order valence-electron chi connectivity index (χ2n) is 5.55. The van der Waals surface area contributed by atoms with Gasteiger partial charge in [0.05, 0.1) is 28.4 Å². The summed E-state index contributed by atoms with van der Waals surface area (Å²) in [5, 5.41) is 0.928. The molecule has 114 valence electrons.